The molecule has 4 heteroatoms. The minimum Gasteiger partial charge on any atom is -0.385 e. The Morgan fingerprint density at radius 2 is 2.00 bits per heavy atom. The van der Waals surface area contributed by atoms with Crippen LogP contribution in [0.4, 0.5) is 0 Å². The molecule has 1 aromatic rings. The van der Waals surface area contributed by atoms with Gasteiger partial charge in [0.2, 0.25) is 0 Å². The van der Waals surface area contributed by atoms with Gasteiger partial charge in [0.1, 0.15) is 0 Å². The van der Waals surface area contributed by atoms with E-state index >= 15 is 0 Å². The molecule has 1 N–H and O–H groups in total. The van der Waals surface area contributed by atoms with Crippen LogP contribution in [0, 0.1) is 19.3 Å². The number of nitrogens with zero attached hydrogens (tertiary/aromatic N) is 2. The summed E-state index contributed by atoms with van der Waals surface area (Å²) in [6.45, 7) is 12.8. The molecular weight excluding hydrogens is 238 g/mol. The lowest BCUT2D eigenvalue weighted by Gasteiger charge is -2.27. The van der Waals surface area contributed by atoms with Gasteiger partial charge in [0, 0.05) is 44.6 Å². The van der Waals surface area contributed by atoms with Crippen molar-refractivity contribution >= 4 is 0 Å². The van der Waals surface area contributed by atoms with E-state index in [1.54, 1.807) is 7.11 Å². The summed E-state index contributed by atoms with van der Waals surface area (Å²) < 4.78 is 7.13. The highest BCUT2D eigenvalue weighted by Gasteiger charge is 2.21. The van der Waals surface area contributed by atoms with Gasteiger partial charge in [-0.15, -0.1) is 0 Å². The molecule has 1 aromatic heterocycles. The van der Waals surface area contributed by atoms with Gasteiger partial charge in [-0.05, 0) is 32.6 Å². The number of nitrogens with one attached hydrogen (secondary N) is 1. The molecule has 1 heterocycles. The molecule has 0 saturated carbocycles. The molecule has 1 atom stereocenters. The van der Waals surface area contributed by atoms with Crippen molar-refractivity contribution in [3.05, 3.63) is 17.0 Å². The minimum atomic E-state index is 0.244. The van der Waals surface area contributed by atoms with Gasteiger partial charge >= 0.3 is 0 Å². The van der Waals surface area contributed by atoms with Crippen LogP contribution in [0.15, 0.2) is 0 Å². The zero-order chi connectivity index (χ0) is 14.6. The summed E-state index contributed by atoms with van der Waals surface area (Å²) in [4.78, 5) is 0. The Morgan fingerprint density at radius 1 is 1.37 bits per heavy atom. The first-order valence-electron chi connectivity index (χ1n) is 7.01. The maximum Gasteiger partial charge on any atom is 0.0644 e. The lowest BCUT2D eigenvalue weighted by atomic mass is 9.89. The van der Waals surface area contributed by atoms with Gasteiger partial charge in [-0.3, -0.25) is 4.68 Å². The fourth-order valence-electron chi connectivity index (χ4n) is 2.41. The fraction of sp³-hybridized carbons (Fsp3) is 0.800. The highest BCUT2D eigenvalue weighted by atomic mass is 16.5. The van der Waals surface area contributed by atoms with E-state index in [9.17, 15) is 0 Å². The molecule has 4 nitrogen and oxygen atoms in total. The normalized spacial score (nSPS) is 13.8. The molecule has 0 fully saturated rings. The van der Waals surface area contributed by atoms with Gasteiger partial charge in [-0.25, -0.2) is 0 Å². The highest BCUT2D eigenvalue weighted by molar-refractivity contribution is 5.27. The fourth-order valence-corrected chi connectivity index (χ4v) is 2.41. The molecule has 110 valence electrons. The van der Waals surface area contributed by atoms with Crippen LogP contribution in [-0.2, 0) is 11.8 Å². The number of hydrogen-bond acceptors (Lipinski definition) is 3. The molecule has 0 saturated heterocycles. The van der Waals surface area contributed by atoms with E-state index in [4.69, 9.17) is 4.74 Å². The number of methoxy groups -OCH3 is 1. The van der Waals surface area contributed by atoms with Crippen molar-refractivity contribution in [2.24, 2.45) is 12.5 Å². The molecule has 0 aromatic carbocycles. The molecule has 1 rings (SSSR count). The second-order valence-corrected chi connectivity index (χ2v) is 6.22. The lowest BCUT2D eigenvalue weighted by Crippen LogP contribution is -2.32. The smallest absolute Gasteiger partial charge is 0.0644 e. The number of ether oxygens (including phenoxy) is 1. The summed E-state index contributed by atoms with van der Waals surface area (Å²) in [6.07, 6.45) is 1.06. The van der Waals surface area contributed by atoms with Crippen LogP contribution in [-0.4, -0.2) is 30.0 Å². The number of hydrogen-bond donors (Lipinski definition) is 1. The van der Waals surface area contributed by atoms with Crippen LogP contribution >= 0.6 is 0 Å². The maximum absolute atomic E-state index is 5.17. The van der Waals surface area contributed by atoms with E-state index in [0.29, 0.717) is 6.04 Å². The summed E-state index contributed by atoms with van der Waals surface area (Å²) in [5.74, 6) is 0. The summed E-state index contributed by atoms with van der Waals surface area (Å²) in [7, 11) is 3.76. The third-order valence-corrected chi connectivity index (χ3v) is 3.87. The Labute approximate surface area is 117 Å². The Morgan fingerprint density at radius 3 is 2.47 bits per heavy atom. The largest absolute Gasteiger partial charge is 0.385 e. The van der Waals surface area contributed by atoms with Crippen molar-refractivity contribution < 1.29 is 4.74 Å². The molecule has 0 amide bonds. The van der Waals surface area contributed by atoms with Crippen molar-refractivity contribution in [2.45, 2.75) is 47.1 Å². The molecule has 0 radical (unpaired) electrons. The molecule has 0 bridgehead atoms. The van der Waals surface area contributed by atoms with Crippen LogP contribution in [0.1, 0.15) is 50.2 Å². The number of rotatable bonds is 7. The Bertz CT molecular complexity index is 410. The van der Waals surface area contributed by atoms with Crippen LogP contribution in [0.3, 0.4) is 0 Å². The number of aryl methyl sites for hydroxylation is 2. The second-order valence-electron chi connectivity index (χ2n) is 6.22. The topological polar surface area (TPSA) is 39.1 Å². The van der Waals surface area contributed by atoms with Gasteiger partial charge in [-0.2, -0.15) is 5.10 Å². The van der Waals surface area contributed by atoms with Crippen molar-refractivity contribution in [1.82, 2.24) is 15.1 Å². The van der Waals surface area contributed by atoms with E-state index in [1.165, 1.54) is 11.3 Å². The zero-order valence-corrected chi connectivity index (χ0v) is 13.5. The SMILES string of the molecule is COCCC(C)(C)CNC(C)c1c(C)nn(C)c1C. The van der Waals surface area contributed by atoms with Crippen molar-refractivity contribution in [2.75, 3.05) is 20.3 Å². The summed E-state index contributed by atoms with van der Waals surface area (Å²) in [5.41, 5.74) is 3.93. The minimum absolute atomic E-state index is 0.244. The van der Waals surface area contributed by atoms with Gasteiger partial charge in [0.25, 0.3) is 0 Å². The monoisotopic (exact) mass is 267 g/mol. The third kappa shape index (κ3) is 4.32. The first-order chi connectivity index (χ1) is 8.78. The highest BCUT2D eigenvalue weighted by Crippen LogP contribution is 2.24. The molecule has 0 aliphatic rings. The number of aromatic nitrogens is 2. The van der Waals surface area contributed by atoms with E-state index in [1.807, 2.05) is 11.7 Å². The Balaban J connectivity index is 2.62. The van der Waals surface area contributed by atoms with Gasteiger partial charge in [0.15, 0.2) is 0 Å². The average Bonchev–Trinajstić information content (AvgIpc) is 2.58. The second kappa shape index (κ2) is 6.53. The summed E-state index contributed by atoms with van der Waals surface area (Å²) >= 11 is 0. The van der Waals surface area contributed by atoms with E-state index in [-0.39, 0.29) is 5.41 Å². The summed E-state index contributed by atoms with van der Waals surface area (Å²) in [6, 6.07) is 0.329. The van der Waals surface area contributed by atoms with Crippen LogP contribution < -0.4 is 5.32 Å². The van der Waals surface area contributed by atoms with E-state index in [2.05, 4.69) is 45.0 Å². The molecule has 0 spiro atoms. The van der Waals surface area contributed by atoms with Gasteiger partial charge in [-0.1, -0.05) is 13.8 Å². The predicted octanol–water partition coefficient (Wildman–Crippen LogP) is 2.75. The van der Waals surface area contributed by atoms with Gasteiger partial charge < -0.3 is 10.1 Å². The van der Waals surface area contributed by atoms with E-state index < -0.39 is 0 Å². The Hall–Kier alpha value is -0.870. The molecule has 1 unspecified atom stereocenters. The summed E-state index contributed by atoms with van der Waals surface area (Å²) in [5, 5.41) is 8.12. The predicted molar refractivity (Wildman–Crippen MR) is 79.4 cm³/mol. The first kappa shape index (κ1) is 16.2. The molecule has 0 aliphatic carbocycles. The standard InChI is InChI=1S/C15H29N3O/c1-11(14-12(2)17-18(6)13(14)3)16-10-15(4,5)8-9-19-7/h11,16H,8-10H2,1-7H3. The van der Waals surface area contributed by atoms with Crippen molar-refractivity contribution in [3.8, 4) is 0 Å². The third-order valence-electron chi connectivity index (χ3n) is 3.87. The quantitative estimate of drug-likeness (QED) is 0.825. The van der Waals surface area contributed by atoms with E-state index in [0.717, 1.165) is 25.3 Å². The maximum atomic E-state index is 5.17. The van der Waals surface area contributed by atoms with Crippen LogP contribution in [0.25, 0.3) is 0 Å². The van der Waals surface area contributed by atoms with Crippen LogP contribution in [0.5, 0.6) is 0 Å². The molecule has 0 aliphatic heterocycles. The van der Waals surface area contributed by atoms with Crippen molar-refractivity contribution in [3.63, 3.8) is 0 Å². The lowest BCUT2D eigenvalue weighted by molar-refractivity contribution is 0.149. The first-order valence-corrected chi connectivity index (χ1v) is 7.01. The Kier molecular flexibility index (Phi) is 5.56. The zero-order valence-electron chi connectivity index (χ0n) is 13.5. The molecule has 19 heavy (non-hydrogen) atoms. The van der Waals surface area contributed by atoms with Gasteiger partial charge in [0.05, 0.1) is 5.69 Å². The van der Waals surface area contributed by atoms with Crippen LogP contribution in [0.2, 0.25) is 0 Å². The van der Waals surface area contributed by atoms with Crippen molar-refractivity contribution in [1.29, 1.82) is 0 Å². The average molecular weight is 267 g/mol. The molecular formula is C15H29N3O.